The fourth-order valence-corrected chi connectivity index (χ4v) is 6.30. The Morgan fingerprint density at radius 3 is 2.62 bits per heavy atom. The summed E-state index contributed by atoms with van der Waals surface area (Å²) in [5, 5.41) is 7.47. The number of likely N-dealkylation sites (tertiary alicyclic amines) is 1. The summed E-state index contributed by atoms with van der Waals surface area (Å²) in [5.41, 5.74) is 2.10. The van der Waals surface area contributed by atoms with Crippen LogP contribution in [0.2, 0.25) is 0 Å². The second-order valence-corrected chi connectivity index (χ2v) is 11.6. The zero-order valence-electron chi connectivity index (χ0n) is 23.4. The van der Waals surface area contributed by atoms with Gasteiger partial charge in [-0.05, 0) is 73.4 Å². The minimum atomic E-state index is -4.47. The molecule has 214 valence electrons. The lowest BCUT2D eigenvalue weighted by Gasteiger charge is -2.36. The van der Waals surface area contributed by atoms with E-state index in [-0.39, 0.29) is 11.6 Å². The monoisotopic (exact) mass is 552 g/mol. The summed E-state index contributed by atoms with van der Waals surface area (Å²) in [4.78, 5) is 7.66. The van der Waals surface area contributed by atoms with Crippen LogP contribution >= 0.6 is 0 Å². The third-order valence-electron chi connectivity index (χ3n) is 8.53. The fraction of sp³-hybridized carbons (Fsp3) is 0.484. The van der Waals surface area contributed by atoms with Gasteiger partial charge in [-0.2, -0.15) is 18.3 Å². The van der Waals surface area contributed by atoms with Gasteiger partial charge < -0.3 is 14.7 Å². The molecule has 1 aromatic rings. The highest BCUT2D eigenvalue weighted by Crippen LogP contribution is 2.45. The molecule has 9 heteroatoms. The molecule has 0 spiro atoms. The van der Waals surface area contributed by atoms with E-state index in [0.29, 0.717) is 29.8 Å². The van der Waals surface area contributed by atoms with Crippen molar-refractivity contribution in [1.29, 1.82) is 0 Å². The first-order valence-electron chi connectivity index (χ1n) is 14.1. The first-order chi connectivity index (χ1) is 19.1. The highest BCUT2D eigenvalue weighted by atomic mass is 19.4. The van der Waals surface area contributed by atoms with Gasteiger partial charge in [0.25, 0.3) is 0 Å². The first kappa shape index (κ1) is 28.2. The number of benzene rings is 1. The van der Waals surface area contributed by atoms with Crippen molar-refractivity contribution in [2.75, 3.05) is 38.1 Å². The quantitative estimate of drug-likeness (QED) is 0.194. The summed E-state index contributed by atoms with van der Waals surface area (Å²) >= 11 is 0. The second-order valence-electron chi connectivity index (χ2n) is 11.6. The molecule has 0 aromatic heterocycles. The number of halogens is 3. The largest absolute Gasteiger partial charge is 0.418 e. The van der Waals surface area contributed by atoms with Crippen LogP contribution in [-0.4, -0.2) is 67.2 Å². The molecular weight excluding hydrogens is 513 g/mol. The number of likely N-dealkylation sites (N-methyl/N-ethyl adjacent to an activating group) is 1. The number of fused-ring (bicyclic) bond motifs is 1. The highest BCUT2D eigenvalue weighted by Gasteiger charge is 2.43. The summed E-state index contributed by atoms with van der Waals surface area (Å²) in [5.74, 6) is 1.87. The van der Waals surface area contributed by atoms with E-state index in [0.717, 1.165) is 50.1 Å². The Kier molecular flexibility index (Phi) is 8.21. The minimum Gasteiger partial charge on any atom is -0.364 e. The molecule has 3 aliphatic heterocycles. The predicted molar refractivity (Wildman–Crippen MR) is 156 cm³/mol. The van der Waals surface area contributed by atoms with Crippen LogP contribution in [0.5, 0.6) is 0 Å². The van der Waals surface area contributed by atoms with Crippen molar-refractivity contribution in [3.63, 3.8) is 0 Å². The van der Waals surface area contributed by atoms with E-state index in [1.807, 2.05) is 30.3 Å². The average Bonchev–Trinajstić information content (AvgIpc) is 3.21. The van der Waals surface area contributed by atoms with E-state index in [9.17, 15) is 13.2 Å². The highest BCUT2D eigenvalue weighted by molar-refractivity contribution is 5.64. The van der Waals surface area contributed by atoms with Crippen LogP contribution in [0.4, 0.5) is 18.9 Å². The summed E-state index contributed by atoms with van der Waals surface area (Å²) < 4.78 is 42.9. The lowest BCUT2D eigenvalue weighted by molar-refractivity contribution is -0.0909. The van der Waals surface area contributed by atoms with Gasteiger partial charge in [0.05, 0.1) is 11.3 Å². The molecule has 40 heavy (non-hydrogen) atoms. The van der Waals surface area contributed by atoms with Crippen molar-refractivity contribution in [2.45, 2.75) is 51.1 Å². The van der Waals surface area contributed by atoms with Gasteiger partial charge in [0.1, 0.15) is 12.2 Å². The first-order valence-corrected chi connectivity index (χ1v) is 14.1. The molecule has 1 aromatic carbocycles. The SMILES string of the molecule is C=N/N=C\N(C)CC(c1cccc(N2C=C3C(C(F)(F)F)=CC(CN4CCC[C@H](C)C4)=CN3C2=C)c1)C1CCC1. The van der Waals surface area contributed by atoms with E-state index in [4.69, 9.17) is 0 Å². The van der Waals surface area contributed by atoms with Crippen molar-refractivity contribution >= 4 is 18.7 Å². The van der Waals surface area contributed by atoms with Gasteiger partial charge in [-0.15, -0.1) is 5.10 Å². The van der Waals surface area contributed by atoms with Gasteiger partial charge in [0.15, 0.2) is 0 Å². The van der Waals surface area contributed by atoms with Gasteiger partial charge in [-0.3, -0.25) is 4.90 Å². The van der Waals surface area contributed by atoms with Crippen molar-refractivity contribution in [1.82, 2.24) is 14.7 Å². The summed E-state index contributed by atoms with van der Waals surface area (Å²) in [6.45, 7) is 12.9. The molecule has 1 aliphatic carbocycles. The Morgan fingerprint density at radius 1 is 1.15 bits per heavy atom. The van der Waals surface area contributed by atoms with E-state index >= 15 is 0 Å². The number of allylic oxidation sites excluding steroid dienone is 1. The molecule has 0 amide bonds. The van der Waals surface area contributed by atoms with Crippen LogP contribution in [0.1, 0.15) is 50.5 Å². The Balaban J connectivity index is 1.42. The summed E-state index contributed by atoms with van der Waals surface area (Å²) in [7, 11) is 1.97. The summed E-state index contributed by atoms with van der Waals surface area (Å²) in [6.07, 6.45) is 7.70. The zero-order valence-corrected chi connectivity index (χ0v) is 23.4. The third kappa shape index (κ3) is 6.04. The van der Waals surface area contributed by atoms with Gasteiger partial charge in [0, 0.05) is 57.4 Å². The van der Waals surface area contributed by atoms with E-state index < -0.39 is 11.7 Å². The van der Waals surface area contributed by atoms with Gasteiger partial charge in [-0.25, -0.2) is 0 Å². The molecular formula is C31H39F3N6. The Labute approximate surface area is 235 Å². The number of nitrogens with zero attached hydrogens (tertiary/aromatic N) is 6. The van der Waals surface area contributed by atoms with Crippen molar-refractivity contribution in [2.24, 2.45) is 22.0 Å². The van der Waals surface area contributed by atoms with Gasteiger partial charge in [-0.1, -0.05) is 32.1 Å². The molecule has 0 radical (unpaired) electrons. The fourth-order valence-electron chi connectivity index (χ4n) is 6.30. The Morgan fingerprint density at radius 2 is 1.95 bits per heavy atom. The van der Waals surface area contributed by atoms with E-state index in [2.05, 4.69) is 47.5 Å². The molecule has 1 saturated carbocycles. The van der Waals surface area contributed by atoms with Crippen LogP contribution < -0.4 is 4.90 Å². The van der Waals surface area contributed by atoms with Crippen LogP contribution in [-0.2, 0) is 0 Å². The number of rotatable bonds is 9. The average molecular weight is 553 g/mol. The molecule has 5 rings (SSSR count). The normalized spacial score (nSPS) is 23.0. The number of piperidine rings is 1. The molecule has 3 heterocycles. The number of hydrogen-bond acceptors (Lipinski definition) is 5. The van der Waals surface area contributed by atoms with Crippen LogP contribution in [0.15, 0.2) is 82.2 Å². The molecule has 1 unspecified atom stereocenters. The van der Waals surface area contributed by atoms with E-state index in [1.165, 1.54) is 18.9 Å². The molecule has 1 saturated heterocycles. The van der Waals surface area contributed by atoms with Crippen LogP contribution in [0, 0.1) is 11.8 Å². The van der Waals surface area contributed by atoms with Gasteiger partial charge in [0.2, 0.25) is 0 Å². The standard InChI is InChI=1S/C31H39F3N6/c1-22-8-7-13-38(16-22)17-24-14-29(31(32,33)34)30-20-39(23(2)40(30)18-24)27-12-6-11-26(15-27)28(25-9-5-10-25)19-37(4)21-36-35-3/h6,11-12,14-15,18,20-22,25,28H,2-3,5,7-10,13,16-17,19H2,1,4H3/b36-21-/t22-,28?/m0/s1. The zero-order chi connectivity index (χ0) is 28.4. The maximum Gasteiger partial charge on any atom is 0.418 e. The minimum absolute atomic E-state index is 0.113. The number of alkyl halides is 3. The Hall–Kier alpha value is -3.33. The predicted octanol–water partition coefficient (Wildman–Crippen LogP) is 6.70. The molecule has 0 bridgehead atoms. The van der Waals surface area contributed by atoms with Gasteiger partial charge >= 0.3 is 6.18 Å². The smallest absolute Gasteiger partial charge is 0.364 e. The lowest BCUT2D eigenvalue weighted by atomic mass is 9.73. The van der Waals surface area contributed by atoms with Crippen LogP contribution in [0.25, 0.3) is 0 Å². The van der Waals surface area contributed by atoms with E-state index in [1.54, 1.807) is 22.3 Å². The second kappa shape index (κ2) is 11.6. The third-order valence-corrected chi connectivity index (χ3v) is 8.53. The topological polar surface area (TPSA) is 37.7 Å². The number of hydrogen-bond donors (Lipinski definition) is 0. The molecule has 2 fully saturated rings. The van der Waals surface area contributed by atoms with Crippen LogP contribution in [0.3, 0.4) is 0 Å². The molecule has 6 nitrogen and oxygen atoms in total. The molecule has 4 aliphatic rings. The maximum absolute atomic E-state index is 14.3. The van der Waals surface area contributed by atoms with Crippen molar-refractivity contribution in [3.05, 3.63) is 77.5 Å². The maximum atomic E-state index is 14.3. The number of anilines is 1. The van der Waals surface area contributed by atoms with Crippen molar-refractivity contribution in [3.8, 4) is 0 Å². The Bertz CT molecular complexity index is 1240. The summed E-state index contributed by atoms with van der Waals surface area (Å²) in [6, 6.07) is 8.13. The molecule has 2 atom stereocenters. The molecule has 0 N–H and O–H groups in total. The van der Waals surface area contributed by atoms with Crippen molar-refractivity contribution < 1.29 is 13.2 Å². The lowest BCUT2D eigenvalue weighted by Crippen LogP contribution is -2.36.